The Hall–Kier alpha value is -1.93. The van der Waals surface area contributed by atoms with Gasteiger partial charge in [-0.05, 0) is 42.0 Å². The monoisotopic (exact) mass is 394 g/mol. The average molecular weight is 395 g/mol. The minimum Gasteiger partial charge on any atom is -0.379 e. The Morgan fingerprint density at radius 1 is 1.04 bits per heavy atom. The molecule has 0 aromatic heterocycles. The van der Waals surface area contributed by atoms with Crippen LogP contribution in [0.3, 0.4) is 0 Å². The predicted octanol–water partition coefficient (Wildman–Crippen LogP) is 2.70. The van der Waals surface area contributed by atoms with E-state index in [1.807, 2.05) is 0 Å². The summed E-state index contributed by atoms with van der Waals surface area (Å²) in [6.45, 7) is 1.49. The lowest BCUT2D eigenvalue weighted by Gasteiger charge is -2.26. The van der Waals surface area contributed by atoms with Gasteiger partial charge in [0, 0.05) is 30.2 Å². The van der Waals surface area contributed by atoms with Gasteiger partial charge in [-0.1, -0.05) is 12.1 Å². The van der Waals surface area contributed by atoms with Crippen molar-refractivity contribution in [3.8, 4) is 0 Å². The van der Waals surface area contributed by atoms with Crippen molar-refractivity contribution < 1.29 is 17.9 Å². The van der Waals surface area contributed by atoms with Gasteiger partial charge in [0.15, 0.2) is 0 Å². The molecule has 0 atom stereocenters. The summed E-state index contributed by atoms with van der Waals surface area (Å²) in [5, 5.41) is 2.75. The van der Waals surface area contributed by atoms with Crippen LogP contribution in [0.25, 0.3) is 0 Å². The molecule has 0 unspecified atom stereocenters. The Bertz CT molecular complexity index is 861. The van der Waals surface area contributed by atoms with Gasteiger partial charge in [-0.2, -0.15) is 4.31 Å². The largest absolute Gasteiger partial charge is 0.379 e. The zero-order valence-corrected chi connectivity index (χ0v) is 15.6. The Balaban J connectivity index is 1.69. The van der Waals surface area contributed by atoms with Gasteiger partial charge in [0.1, 0.15) is 0 Å². The number of carbonyl (C=O) groups excluding carboxylic acids is 1. The number of carbonyl (C=O) groups is 1. The highest BCUT2D eigenvalue weighted by Crippen LogP contribution is 2.20. The van der Waals surface area contributed by atoms with Gasteiger partial charge < -0.3 is 10.1 Å². The molecule has 1 saturated heterocycles. The van der Waals surface area contributed by atoms with Crippen LogP contribution >= 0.6 is 11.6 Å². The van der Waals surface area contributed by atoms with Crippen molar-refractivity contribution in [3.63, 3.8) is 0 Å². The van der Waals surface area contributed by atoms with E-state index in [0.29, 0.717) is 43.4 Å². The van der Waals surface area contributed by atoms with E-state index in [9.17, 15) is 13.2 Å². The lowest BCUT2D eigenvalue weighted by atomic mass is 10.1. The summed E-state index contributed by atoms with van der Waals surface area (Å²) < 4.78 is 31.7. The van der Waals surface area contributed by atoms with Crippen LogP contribution < -0.4 is 5.32 Å². The summed E-state index contributed by atoms with van der Waals surface area (Å²) in [7, 11) is -3.54. The van der Waals surface area contributed by atoms with Gasteiger partial charge in [0.2, 0.25) is 10.0 Å². The van der Waals surface area contributed by atoms with Gasteiger partial charge in [0.25, 0.3) is 5.91 Å². The lowest BCUT2D eigenvalue weighted by Crippen LogP contribution is -2.40. The van der Waals surface area contributed by atoms with Crippen LogP contribution in [0.1, 0.15) is 15.9 Å². The Labute approximate surface area is 157 Å². The number of morpholine rings is 1. The molecule has 0 spiro atoms. The Kier molecular flexibility index (Phi) is 5.93. The number of rotatable bonds is 5. The molecule has 8 heteroatoms. The molecule has 1 amide bonds. The Morgan fingerprint density at radius 3 is 2.23 bits per heavy atom. The number of nitrogens with one attached hydrogen (secondary N) is 1. The highest BCUT2D eigenvalue weighted by molar-refractivity contribution is 7.89. The summed E-state index contributed by atoms with van der Waals surface area (Å²) in [6, 6.07) is 13.1. The molecule has 2 aromatic carbocycles. The quantitative estimate of drug-likeness (QED) is 0.791. The average Bonchev–Trinajstić information content (AvgIpc) is 2.69. The molecule has 0 saturated carbocycles. The fourth-order valence-electron chi connectivity index (χ4n) is 2.59. The number of amides is 1. The number of alkyl halides is 1. The van der Waals surface area contributed by atoms with Crippen LogP contribution in [-0.2, 0) is 20.6 Å². The van der Waals surface area contributed by atoms with Crippen molar-refractivity contribution in [2.24, 2.45) is 0 Å². The van der Waals surface area contributed by atoms with Crippen molar-refractivity contribution >= 4 is 33.2 Å². The molecule has 3 rings (SSSR count). The van der Waals surface area contributed by atoms with Gasteiger partial charge in [-0.25, -0.2) is 8.42 Å². The summed E-state index contributed by atoms with van der Waals surface area (Å²) in [5.74, 6) is 0.121. The first-order valence-electron chi connectivity index (χ1n) is 8.15. The Morgan fingerprint density at radius 2 is 1.65 bits per heavy atom. The van der Waals surface area contributed by atoms with Crippen LogP contribution in [-0.4, -0.2) is 44.9 Å². The van der Waals surface area contributed by atoms with Crippen LogP contribution in [0.5, 0.6) is 0 Å². The molecular formula is C18H19ClN2O4S. The first-order valence-corrected chi connectivity index (χ1v) is 10.1. The SMILES string of the molecule is O=C(Nc1ccc(S(=O)(=O)N2CCOCC2)cc1)c1ccc(CCl)cc1. The summed E-state index contributed by atoms with van der Waals surface area (Å²) in [5.41, 5.74) is 1.96. The number of nitrogens with zero attached hydrogens (tertiary/aromatic N) is 1. The zero-order chi connectivity index (χ0) is 18.6. The van der Waals surface area contributed by atoms with E-state index in [1.54, 1.807) is 36.4 Å². The third-order valence-corrected chi connectivity index (χ3v) is 6.31. The second-order valence-electron chi connectivity index (χ2n) is 5.83. The summed E-state index contributed by atoms with van der Waals surface area (Å²) >= 11 is 5.74. The van der Waals surface area contributed by atoms with E-state index in [4.69, 9.17) is 16.3 Å². The summed E-state index contributed by atoms with van der Waals surface area (Å²) in [4.78, 5) is 12.5. The number of hydrogen-bond acceptors (Lipinski definition) is 4. The second kappa shape index (κ2) is 8.18. The van der Waals surface area contributed by atoms with Crippen molar-refractivity contribution in [3.05, 3.63) is 59.7 Å². The first-order chi connectivity index (χ1) is 12.5. The highest BCUT2D eigenvalue weighted by Gasteiger charge is 2.26. The number of anilines is 1. The molecule has 0 aliphatic carbocycles. The van der Waals surface area contributed by atoms with Gasteiger partial charge in [-0.3, -0.25) is 4.79 Å². The molecule has 1 heterocycles. The van der Waals surface area contributed by atoms with Crippen LogP contribution in [0.15, 0.2) is 53.4 Å². The topological polar surface area (TPSA) is 75.7 Å². The van der Waals surface area contributed by atoms with Crippen molar-refractivity contribution in [1.82, 2.24) is 4.31 Å². The zero-order valence-electron chi connectivity index (χ0n) is 14.0. The minimum atomic E-state index is -3.54. The number of ether oxygens (including phenoxy) is 1. The standard InChI is InChI=1S/C18H19ClN2O4S/c19-13-14-1-3-15(4-2-14)18(22)20-16-5-7-17(8-6-16)26(23,24)21-9-11-25-12-10-21/h1-8H,9-13H2,(H,20,22). The first kappa shape index (κ1) is 18.8. The third-order valence-electron chi connectivity index (χ3n) is 4.09. The van der Waals surface area contributed by atoms with Gasteiger partial charge in [-0.15, -0.1) is 11.6 Å². The molecule has 6 nitrogen and oxygen atoms in total. The maximum Gasteiger partial charge on any atom is 0.255 e. The molecule has 26 heavy (non-hydrogen) atoms. The number of sulfonamides is 1. The van der Waals surface area contributed by atoms with Crippen LogP contribution in [0.4, 0.5) is 5.69 Å². The molecule has 0 bridgehead atoms. The fourth-order valence-corrected chi connectivity index (χ4v) is 4.18. The van der Waals surface area contributed by atoms with Gasteiger partial charge in [0.05, 0.1) is 18.1 Å². The highest BCUT2D eigenvalue weighted by atomic mass is 35.5. The molecule has 1 aliphatic rings. The van der Waals surface area contributed by atoms with E-state index in [1.165, 1.54) is 16.4 Å². The second-order valence-corrected chi connectivity index (χ2v) is 8.03. The van der Waals surface area contributed by atoms with Crippen molar-refractivity contribution in [2.45, 2.75) is 10.8 Å². The van der Waals surface area contributed by atoms with Gasteiger partial charge >= 0.3 is 0 Å². The molecule has 1 N–H and O–H groups in total. The van der Waals surface area contributed by atoms with E-state index in [0.717, 1.165) is 5.56 Å². The molecule has 138 valence electrons. The number of halogens is 1. The summed E-state index contributed by atoms with van der Waals surface area (Å²) in [6.07, 6.45) is 0. The molecular weight excluding hydrogens is 376 g/mol. The van der Waals surface area contributed by atoms with Crippen molar-refractivity contribution in [2.75, 3.05) is 31.6 Å². The van der Waals surface area contributed by atoms with Crippen LogP contribution in [0.2, 0.25) is 0 Å². The molecule has 1 fully saturated rings. The van der Waals surface area contributed by atoms with E-state index in [-0.39, 0.29) is 10.8 Å². The number of hydrogen-bond donors (Lipinski definition) is 1. The predicted molar refractivity (Wildman–Crippen MR) is 100.0 cm³/mol. The fraction of sp³-hybridized carbons (Fsp3) is 0.278. The molecule has 1 aliphatic heterocycles. The number of benzene rings is 2. The van der Waals surface area contributed by atoms with E-state index in [2.05, 4.69) is 5.32 Å². The lowest BCUT2D eigenvalue weighted by molar-refractivity contribution is 0.0730. The molecule has 2 aromatic rings. The van der Waals surface area contributed by atoms with E-state index >= 15 is 0 Å². The third kappa shape index (κ3) is 4.24. The van der Waals surface area contributed by atoms with Crippen molar-refractivity contribution in [1.29, 1.82) is 0 Å². The minimum absolute atomic E-state index is 0.198. The normalized spacial score (nSPS) is 15.6. The van der Waals surface area contributed by atoms with E-state index < -0.39 is 10.0 Å². The maximum atomic E-state index is 12.6. The smallest absolute Gasteiger partial charge is 0.255 e. The van der Waals surface area contributed by atoms with Crippen LogP contribution in [0, 0.1) is 0 Å². The maximum absolute atomic E-state index is 12.6. The molecule has 0 radical (unpaired) electrons.